The van der Waals surface area contributed by atoms with Gasteiger partial charge in [-0.3, -0.25) is 4.79 Å². The summed E-state index contributed by atoms with van der Waals surface area (Å²) in [6.45, 7) is 0. The van der Waals surface area contributed by atoms with Crippen LogP contribution in [0, 0.1) is 0 Å². The molecule has 1 N–H and O–H groups in total. The third-order valence-electron chi connectivity index (χ3n) is 2.05. The maximum atomic E-state index is 10.5. The summed E-state index contributed by atoms with van der Waals surface area (Å²) in [5, 5.41) is 8.65. The third kappa shape index (κ3) is 2.44. The highest BCUT2D eigenvalue weighted by molar-refractivity contribution is 7.15. The van der Waals surface area contributed by atoms with E-state index >= 15 is 0 Å². The minimum absolute atomic E-state index is 0.109. The average Bonchev–Trinajstić information content (AvgIpc) is 2.67. The van der Waals surface area contributed by atoms with E-state index in [0.717, 1.165) is 15.3 Å². The van der Waals surface area contributed by atoms with Crippen molar-refractivity contribution in [2.75, 3.05) is 0 Å². The van der Waals surface area contributed by atoms with Gasteiger partial charge in [0.05, 0.1) is 6.42 Å². The van der Waals surface area contributed by atoms with Crippen molar-refractivity contribution in [3.05, 3.63) is 47.3 Å². The standard InChI is InChI=1S/C12H10O2S/c13-12(14)8-10-6-7-11(15-10)9-4-2-1-3-5-9/h1-7H,8H2,(H,13,14). The third-order valence-corrected chi connectivity index (χ3v) is 3.18. The summed E-state index contributed by atoms with van der Waals surface area (Å²) in [4.78, 5) is 12.5. The van der Waals surface area contributed by atoms with Gasteiger partial charge < -0.3 is 5.11 Å². The van der Waals surface area contributed by atoms with E-state index in [1.165, 1.54) is 11.3 Å². The zero-order chi connectivity index (χ0) is 10.7. The van der Waals surface area contributed by atoms with Crippen molar-refractivity contribution in [3.63, 3.8) is 0 Å². The van der Waals surface area contributed by atoms with Crippen molar-refractivity contribution >= 4 is 17.3 Å². The molecule has 0 spiro atoms. The molecule has 0 bridgehead atoms. The van der Waals surface area contributed by atoms with Gasteiger partial charge in [-0.15, -0.1) is 11.3 Å². The van der Waals surface area contributed by atoms with E-state index in [4.69, 9.17) is 5.11 Å². The second-order valence-electron chi connectivity index (χ2n) is 3.20. The van der Waals surface area contributed by atoms with Gasteiger partial charge in [0.15, 0.2) is 0 Å². The van der Waals surface area contributed by atoms with Crippen LogP contribution in [0.2, 0.25) is 0 Å². The number of carboxylic acids is 1. The molecule has 0 saturated heterocycles. The molecule has 2 nitrogen and oxygen atoms in total. The maximum Gasteiger partial charge on any atom is 0.308 e. The van der Waals surface area contributed by atoms with Crippen LogP contribution in [0.4, 0.5) is 0 Å². The van der Waals surface area contributed by atoms with Crippen LogP contribution in [0.25, 0.3) is 10.4 Å². The summed E-state index contributed by atoms with van der Waals surface area (Å²) < 4.78 is 0. The van der Waals surface area contributed by atoms with E-state index in [1.807, 2.05) is 42.5 Å². The highest BCUT2D eigenvalue weighted by atomic mass is 32.1. The molecule has 2 rings (SSSR count). The highest BCUT2D eigenvalue weighted by Gasteiger charge is 2.05. The van der Waals surface area contributed by atoms with Gasteiger partial charge >= 0.3 is 5.97 Å². The summed E-state index contributed by atoms with van der Waals surface area (Å²) in [7, 11) is 0. The highest BCUT2D eigenvalue weighted by Crippen LogP contribution is 2.27. The van der Waals surface area contributed by atoms with Crippen LogP contribution < -0.4 is 0 Å². The Balaban J connectivity index is 2.24. The molecule has 3 heteroatoms. The van der Waals surface area contributed by atoms with Gasteiger partial charge in [-0.1, -0.05) is 30.3 Å². The van der Waals surface area contributed by atoms with E-state index < -0.39 is 5.97 Å². The van der Waals surface area contributed by atoms with E-state index in [-0.39, 0.29) is 6.42 Å². The van der Waals surface area contributed by atoms with Crippen molar-refractivity contribution < 1.29 is 9.90 Å². The van der Waals surface area contributed by atoms with Gasteiger partial charge in [-0.25, -0.2) is 0 Å². The van der Waals surface area contributed by atoms with Gasteiger partial charge in [0, 0.05) is 9.75 Å². The average molecular weight is 218 g/mol. The van der Waals surface area contributed by atoms with Gasteiger partial charge in [-0.2, -0.15) is 0 Å². The smallest absolute Gasteiger partial charge is 0.308 e. The molecule has 1 heterocycles. The molecule has 1 aromatic carbocycles. The fraction of sp³-hybridized carbons (Fsp3) is 0.0833. The molecule has 0 fully saturated rings. The number of hydrogen-bond acceptors (Lipinski definition) is 2. The summed E-state index contributed by atoms with van der Waals surface area (Å²) in [5.74, 6) is -0.781. The maximum absolute atomic E-state index is 10.5. The topological polar surface area (TPSA) is 37.3 Å². The van der Waals surface area contributed by atoms with Crippen LogP contribution in [0.5, 0.6) is 0 Å². The predicted molar refractivity (Wildman–Crippen MR) is 61.1 cm³/mol. The number of aliphatic carboxylic acids is 1. The number of carboxylic acid groups (broad SMARTS) is 1. The molecule has 0 atom stereocenters. The molecular formula is C12H10O2S. The first-order valence-corrected chi connectivity index (χ1v) is 5.43. The number of benzene rings is 1. The van der Waals surface area contributed by atoms with Crippen molar-refractivity contribution in [2.24, 2.45) is 0 Å². The molecule has 2 aromatic rings. The lowest BCUT2D eigenvalue weighted by atomic mass is 10.2. The summed E-state index contributed by atoms with van der Waals surface area (Å²) in [6.07, 6.45) is 0.109. The molecule has 1 aromatic heterocycles. The Bertz CT molecular complexity index is 459. The van der Waals surface area contributed by atoms with E-state index in [1.54, 1.807) is 0 Å². The lowest BCUT2D eigenvalue weighted by Gasteiger charge is -1.94. The summed E-state index contributed by atoms with van der Waals surface area (Å²) >= 11 is 1.53. The number of carbonyl (C=O) groups is 1. The SMILES string of the molecule is O=C(O)Cc1ccc(-c2ccccc2)s1. The van der Waals surface area contributed by atoms with Crippen LogP contribution in [-0.2, 0) is 11.2 Å². The summed E-state index contributed by atoms with van der Waals surface area (Å²) in [5.41, 5.74) is 1.14. The molecule has 0 unspecified atom stereocenters. The minimum Gasteiger partial charge on any atom is -0.481 e. The zero-order valence-electron chi connectivity index (χ0n) is 8.01. The monoisotopic (exact) mass is 218 g/mol. The van der Waals surface area contributed by atoms with E-state index in [9.17, 15) is 4.79 Å². The molecule has 0 aliphatic rings. The Morgan fingerprint density at radius 3 is 2.53 bits per heavy atom. The second kappa shape index (κ2) is 4.28. The fourth-order valence-corrected chi connectivity index (χ4v) is 2.38. The van der Waals surface area contributed by atoms with Crippen molar-refractivity contribution in [2.45, 2.75) is 6.42 Å². The van der Waals surface area contributed by atoms with Crippen LogP contribution >= 0.6 is 11.3 Å². The van der Waals surface area contributed by atoms with Gasteiger partial charge in [-0.05, 0) is 17.7 Å². The van der Waals surface area contributed by atoms with E-state index in [0.29, 0.717) is 0 Å². The van der Waals surface area contributed by atoms with Crippen LogP contribution in [-0.4, -0.2) is 11.1 Å². The normalized spacial score (nSPS) is 10.1. The Hall–Kier alpha value is -1.61. The molecular weight excluding hydrogens is 208 g/mol. The quantitative estimate of drug-likeness (QED) is 0.859. The van der Waals surface area contributed by atoms with Crippen molar-refractivity contribution in [3.8, 4) is 10.4 Å². The Morgan fingerprint density at radius 2 is 1.87 bits per heavy atom. The molecule has 15 heavy (non-hydrogen) atoms. The van der Waals surface area contributed by atoms with Crippen LogP contribution in [0.1, 0.15) is 4.88 Å². The molecule has 0 aliphatic heterocycles. The molecule has 0 amide bonds. The first-order chi connectivity index (χ1) is 7.25. The fourth-order valence-electron chi connectivity index (χ4n) is 1.38. The largest absolute Gasteiger partial charge is 0.481 e. The number of hydrogen-bond donors (Lipinski definition) is 1. The summed E-state index contributed by atoms with van der Waals surface area (Å²) in [6, 6.07) is 13.8. The van der Waals surface area contributed by atoms with Gasteiger partial charge in [0.25, 0.3) is 0 Å². The van der Waals surface area contributed by atoms with Crippen LogP contribution in [0.15, 0.2) is 42.5 Å². The zero-order valence-corrected chi connectivity index (χ0v) is 8.83. The molecule has 0 saturated carbocycles. The molecule has 76 valence electrons. The Labute approximate surface area is 91.8 Å². The number of rotatable bonds is 3. The molecule has 0 radical (unpaired) electrons. The van der Waals surface area contributed by atoms with Crippen LogP contribution in [0.3, 0.4) is 0 Å². The lowest BCUT2D eigenvalue weighted by Crippen LogP contribution is -1.96. The first kappa shape index (κ1) is 9.93. The Morgan fingerprint density at radius 1 is 1.13 bits per heavy atom. The van der Waals surface area contributed by atoms with Crippen molar-refractivity contribution in [1.29, 1.82) is 0 Å². The second-order valence-corrected chi connectivity index (χ2v) is 4.37. The van der Waals surface area contributed by atoms with Crippen molar-refractivity contribution in [1.82, 2.24) is 0 Å². The van der Waals surface area contributed by atoms with E-state index in [2.05, 4.69) is 0 Å². The minimum atomic E-state index is -0.781. The number of thiophene rings is 1. The predicted octanol–water partition coefficient (Wildman–Crippen LogP) is 3.04. The first-order valence-electron chi connectivity index (χ1n) is 4.61. The molecule has 0 aliphatic carbocycles. The van der Waals surface area contributed by atoms with Gasteiger partial charge in [0.2, 0.25) is 0 Å². The Kier molecular flexibility index (Phi) is 2.83. The van der Waals surface area contributed by atoms with Gasteiger partial charge in [0.1, 0.15) is 0 Å². The lowest BCUT2D eigenvalue weighted by molar-refractivity contribution is -0.136.